The molecule has 32 heavy (non-hydrogen) atoms. The van der Waals surface area contributed by atoms with Crippen molar-refractivity contribution in [2.24, 2.45) is 0 Å². The number of hydrogen-bond acceptors (Lipinski definition) is 3. The summed E-state index contributed by atoms with van der Waals surface area (Å²) in [7, 11) is 0. The third-order valence-corrected chi connectivity index (χ3v) is 4.78. The highest BCUT2D eigenvalue weighted by molar-refractivity contribution is 5.78. The smallest absolute Gasteiger partial charge is 0.367 e. The lowest BCUT2D eigenvalue weighted by molar-refractivity contribution is -0.156. The van der Waals surface area contributed by atoms with Crippen LogP contribution in [-0.4, -0.2) is 37.5 Å². The summed E-state index contributed by atoms with van der Waals surface area (Å²) in [4.78, 5) is 22.9. The van der Waals surface area contributed by atoms with E-state index in [1.807, 2.05) is 30.3 Å². The molecule has 0 saturated carbocycles. The molecule has 1 aliphatic heterocycles. The van der Waals surface area contributed by atoms with Gasteiger partial charge in [0.05, 0.1) is 12.0 Å². The van der Waals surface area contributed by atoms with Gasteiger partial charge in [0.25, 0.3) is 0 Å². The monoisotopic (exact) mass is 460 g/mol. The Morgan fingerprint density at radius 1 is 1.00 bits per heavy atom. The predicted octanol–water partition coefficient (Wildman–Crippen LogP) is 4.78. The van der Waals surface area contributed by atoms with Crippen LogP contribution in [0.1, 0.15) is 24.0 Å². The molecular formula is C22H22F6N2O2. The first-order valence-corrected chi connectivity index (χ1v) is 9.77. The van der Waals surface area contributed by atoms with E-state index in [-0.39, 0.29) is 11.9 Å². The number of rotatable bonds is 5. The Labute approximate surface area is 181 Å². The van der Waals surface area contributed by atoms with E-state index in [1.165, 1.54) is 12.1 Å². The molecule has 0 aliphatic carbocycles. The normalized spacial score (nSPS) is 16.2. The van der Waals surface area contributed by atoms with Gasteiger partial charge in [-0.15, -0.1) is 0 Å². The minimum Gasteiger partial charge on any atom is -0.367 e. The maximum atomic E-state index is 12.7. The van der Waals surface area contributed by atoms with Crippen molar-refractivity contribution in [3.8, 4) is 0 Å². The summed E-state index contributed by atoms with van der Waals surface area (Å²) in [6, 6.07) is 14.8. The number of nitrogens with one attached hydrogen (secondary N) is 1. The van der Waals surface area contributed by atoms with E-state index in [2.05, 4.69) is 10.2 Å². The SMILES string of the molecule is O=C(Cc1ccccc1)NC[C@@H]1CCCN1c1ccc(C(F)(F)F)cc1.O=CC(F)(F)F. The quantitative estimate of drug-likeness (QED) is 0.516. The van der Waals surface area contributed by atoms with E-state index >= 15 is 0 Å². The number of nitrogens with zero attached hydrogens (tertiary/aromatic N) is 1. The summed E-state index contributed by atoms with van der Waals surface area (Å²) in [5.41, 5.74) is 1.07. The van der Waals surface area contributed by atoms with Gasteiger partial charge in [0, 0.05) is 24.8 Å². The highest BCUT2D eigenvalue weighted by atomic mass is 19.4. The van der Waals surface area contributed by atoms with Crippen molar-refractivity contribution >= 4 is 17.9 Å². The van der Waals surface area contributed by atoms with Crippen molar-refractivity contribution in [1.82, 2.24) is 5.32 Å². The van der Waals surface area contributed by atoms with Gasteiger partial charge in [-0.2, -0.15) is 26.3 Å². The van der Waals surface area contributed by atoms with E-state index in [9.17, 15) is 31.1 Å². The molecule has 1 heterocycles. The molecule has 1 N–H and O–H groups in total. The van der Waals surface area contributed by atoms with Crippen LogP contribution in [-0.2, 0) is 22.2 Å². The fraction of sp³-hybridized carbons (Fsp3) is 0.364. The second kappa shape index (κ2) is 11.0. The molecule has 0 unspecified atom stereocenters. The molecule has 1 saturated heterocycles. The molecule has 0 aromatic heterocycles. The molecule has 0 radical (unpaired) electrons. The average molecular weight is 460 g/mol. The number of carbonyl (C=O) groups is 2. The van der Waals surface area contributed by atoms with Crippen LogP contribution in [0.25, 0.3) is 0 Å². The lowest BCUT2D eigenvalue weighted by Crippen LogP contribution is -2.40. The fourth-order valence-corrected chi connectivity index (χ4v) is 3.31. The van der Waals surface area contributed by atoms with E-state index in [0.29, 0.717) is 13.0 Å². The van der Waals surface area contributed by atoms with Gasteiger partial charge >= 0.3 is 12.4 Å². The second-order valence-corrected chi connectivity index (χ2v) is 7.16. The van der Waals surface area contributed by atoms with E-state index in [1.54, 1.807) is 0 Å². The lowest BCUT2D eigenvalue weighted by Gasteiger charge is -2.27. The Morgan fingerprint density at radius 3 is 2.12 bits per heavy atom. The standard InChI is InChI=1S/C20H21F3N2O.C2HF3O/c21-20(22,23)16-8-10-17(11-9-16)25-12-4-7-18(25)14-24-19(26)13-15-5-2-1-3-6-15;3-2(4,5)1-6/h1-3,5-6,8-11,18H,4,7,12-14H2,(H,24,26);1H/t18-;/m0./s1. The molecule has 1 fully saturated rings. The number of benzene rings is 2. The molecule has 4 nitrogen and oxygen atoms in total. The average Bonchev–Trinajstić information content (AvgIpc) is 3.21. The molecule has 1 amide bonds. The van der Waals surface area contributed by atoms with Crippen molar-refractivity contribution in [2.75, 3.05) is 18.0 Å². The van der Waals surface area contributed by atoms with Crippen LogP contribution in [0.3, 0.4) is 0 Å². The second-order valence-electron chi connectivity index (χ2n) is 7.16. The van der Waals surface area contributed by atoms with E-state index in [4.69, 9.17) is 4.79 Å². The summed E-state index contributed by atoms with van der Waals surface area (Å²) < 4.78 is 69.4. The summed E-state index contributed by atoms with van der Waals surface area (Å²) >= 11 is 0. The molecule has 10 heteroatoms. The van der Waals surface area contributed by atoms with Crippen molar-refractivity contribution in [3.63, 3.8) is 0 Å². The highest BCUT2D eigenvalue weighted by Gasteiger charge is 2.31. The Balaban J connectivity index is 0.000000534. The Hall–Kier alpha value is -3.04. The molecule has 3 rings (SSSR count). The number of hydrogen-bond donors (Lipinski definition) is 1. The molecule has 1 aliphatic rings. The summed E-state index contributed by atoms with van der Waals surface area (Å²) in [5, 5.41) is 2.95. The van der Waals surface area contributed by atoms with Crippen molar-refractivity contribution in [3.05, 3.63) is 65.7 Å². The molecule has 1 atom stereocenters. The maximum absolute atomic E-state index is 12.7. The predicted molar refractivity (Wildman–Crippen MR) is 107 cm³/mol. The van der Waals surface area contributed by atoms with Crippen molar-refractivity contribution in [1.29, 1.82) is 0 Å². The number of alkyl halides is 6. The van der Waals surface area contributed by atoms with Gasteiger partial charge in [0.15, 0.2) is 0 Å². The van der Waals surface area contributed by atoms with E-state index in [0.717, 1.165) is 42.8 Å². The summed E-state index contributed by atoms with van der Waals surface area (Å²) in [6.07, 6.45) is -7.83. The van der Waals surface area contributed by atoms with Crippen LogP contribution < -0.4 is 10.2 Å². The molecule has 2 aromatic rings. The van der Waals surface area contributed by atoms with Gasteiger partial charge < -0.3 is 10.2 Å². The minimum atomic E-state index is -4.64. The zero-order valence-corrected chi connectivity index (χ0v) is 16.9. The van der Waals surface area contributed by atoms with Gasteiger partial charge in [-0.3, -0.25) is 9.59 Å². The van der Waals surface area contributed by atoms with Crippen molar-refractivity contribution in [2.45, 2.75) is 37.7 Å². The number of aldehydes is 1. The first-order chi connectivity index (χ1) is 15.0. The first-order valence-electron chi connectivity index (χ1n) is 9.77. The molecule has 0 bridgehead atoms. The molecule has 174 valence electrons. The Bertz CT molecular complexity index is 867. The van der Waals surface area contributed by atoms with Crippen LogP contribution >= 0.6 is 0 Å². The maximum Gasteiger partial charge on any atom is 0.446 e. The molecule has 0 spiro atoms. The van der Waals surface area contributed by atoms with Gasteiger partial charge in [-0.25, -0.2) is 0 Å². The van der Waals surface area contributed by atoms with Crippen molar-refractivity contribution < 1.29 is 35.9 Å². The number of halogens is 6. The topological polar surface area (TPSA) is 49.4 Å². The number of anilines is 1. The molecule has 2 aromatic carbocycles. The van der Waals surface area contributed by atoms with Gasteiger partial charge in [-0.1, -0.05) is 30.3 Å². The van der Waals surface area contributed by atoms with Gasteiger partial charge in [0.2, 0.25) is 12.2 Å². The van der Waals surface area contributed by atoms with E-state index < -0.39 is 24.2 Å². The third kappa shape index (κ3) is 8.24. The van der Waals surface area contributed by atoms with Gasteiger partial charge in [-0.05, 0) is 42.7 Å². The summed E-state index contributed by atoms with van der Waals surface area (Å²) in [6.45, 7) is 1.28. The number of carbonyl (C=O) groups excluding carboxylic acids is 2. The Kier molecular flexibility index (Phi) is 8.68. The fourth-order valence-electron chi connectivity index (χ4n) is 3.31. The highest BCUT2D eigenvalue weighted by Crippen LogP contribution is 2.32. The van der Waals surface area contributed by atoms with Gasteiger partial charge in [0.1, 0.15) is 0 Å². The van der Waals surface area contributed by atoms with Crippen LogP contribution in [0.5, 0.6) is 0 Å². The van der Waals surface area contributed by atoms with Crippen LogP contribution in [0.15, 0.2) is 54.6 Å². The largest absolute Gasteiger partial charge is 0.446 e. The van der Waals surface area contributed by atoms with Crippen LogP contribution in [0.2, 0.25) is 0 Å². The Morgan fingerprint density at radius 2 is 1.59 bits per heavy atom. The third-order valence-electron chi connectivity index (χ3n) is 4.78. The molecular weight excluding hydrogens is 438 g/mol. The number of amides is 1. The first kappa shape index (κ1) is 25.2. The van der Waals surface area contributed by atoms with Crippen LogP contribution in [0.4, 0.5) is 32.0 Å². The zero-order valence-electron chi connectivity index (χ0n) is 16.9. The zero-order chi connectivity index (χ0) is 23.8. The summed E-state index contributed by atoms with van der Waals surface area (Å²) in [5.74, 6) is -0.0459. The lowest BCUT2D eigenvalue weighted by atomic mass is 10.1. The van der Waals surface area contributed by atoms with Crippen LogP contribution in [0, 0.1) is 0 Å². The minimum absolute atomic E-state index is 0.0459.